The smallest absolute Gasteiger partial charge is 0.306 e. The van der Waals surface area contributed by atoms with Gasteiger partial charge in [-0.3, -0.25) is 9.59 Å². The maximum absolute atomic E-state index is 12.1. The summed E-state index contributed by atoms with van der Waals surface area (Å²) in [5.74, 6) is 0.0366. The quantitative estimate of drug-likeness (QED) is 0.495. The number of carbonyl (C=O) groups is 2. The molecule has 0 spiro atoms. The van der Waals surface area contributed by atoms with Crippen molar-refractivity contribution >= 4 is 23.3 Å². The number of amides is 1. The molecule has 0 aliphatic carbocycles. The van der Waals surface area contributed by atoms with Crippen LogP contribution in [-0.2, 0) is 14.3 Å². The third-order valence-corrected chi connectivity index (χ3v) is 5.13. The van der Waals surface area contributed by atoms with Gasteiger partial charge in [-0.25, -0.2) is 0 Å². The topological polar surface area (TPSA) is 67.9 Å². The molecule has 0 aromatic heterocycles. The predicted molar refractivity (Wildman–Crippen MR) is 118 cm³/mol. The van der Waals surface area contributed by atoms with E-state index in [0.717, 1.165) is 30.1 Å². The van der Waals surface area contributed by atoms with Gasteiger partial charge in [-0.2, -0.15) is 0 Å². The lowest BCUT2D eigenvalue weighted by Gasteiger charge is -2.19. The Bertz CT molecular complexity index is 858. The number of benzene rings is 2. The van der Waals surface area contributed by atoms with Crippen LogP contribution in [0.3, 0.4) is 0 Å². The Balaban J connectivity index is 1.34. The average Bonchev–Trinajstić information content (AvgIpc) is 3.27. The molecule has 1 aliphatic heterocycles. The standard InChI is InChI=1S/C24H30N2O4/c1-18-7-10-21(11-8-18)29-15-5-6-24(28)30-17-23(27)25-22-12-9-20(16-19(22)2)26-13-3-4-14-26/h7-12,16H,3-6,13-15,17H2,1-2H3,(H,25,27). The average molecular weight is 411 g/mol. The number of nitrogens with one attached hydrogen (secondary N) is 1. The molecule has 2 aromatic rings. The first-order chi connectivity index (χ1) is 14.5. The number of ether oxygens (including phenoxy) is 2. The SMILES string of the molecule is Cc1ccc(OCCCC(=O)OCC(=O)Nc2ccc(N3CCCC3)cc2C)cc1. The second-order valence-electron chi connectivity index (χ2n) is 7.67. The summed E-state index contributed by atoms with van der Waals surface area (Å²) in [7, 11) is 0. The van der Waals surface area contributed by atoms with Crippen molar-refractivity contribution in [2.75, 3.05) is 36.5 Å². The zero-order valence-electron chi connectivity index (χ0n) is 17.8. The Hall–Kier alpha value is -3.02. The summed E-state index contributed by atoms with van der Waals surface area (Å²) in [6.07, 6.45) is 3.19. The molecule has 1 saturated heterocycles. The summed E-state index contributed by atoms with van der Waals surface area (Å²) in [5.41, 5.74) is 4.09. The molecule has 1 N–H and O–H groups in total. The van der Waals surface area contributed by atoms with Crippen molar-refractivity contribution in [2.45, 2.75) is 39.5 Å². The summed E-state index contributed by atoms with van der Waals surface area (Å²) in [4.78, 5) is 26.3. The molecule has 1 heterocycles. The molecule has 1 amide bonds. The van der Waals surface area contributed by atoms with Crippen molar-refractivity contribution in [3.8, 4) is 5.75 Å². The second kappa shape index (κ2) is 10.7. The van der Waals surface area contributed by atoms with Gasteiger partial charge in [0.05, 0.1) is 6.61 Å². The monoisotopic (exact) mass is 410 g/mol. The Labute approximate surface area is 178 Å². The third kappa shape index (κ3) is 6.51. The van der Waals surface area contributed by atoms with E-state index in [1.165, 1.54) is 24.1 Å². The minimum atomic E-state index is -0.404. The molecule has 0 unspecified atom stereocenters. The van der Waals surface area contributed by atoms with Gasteiger partial charge in [-0.1, -0.05) is 17.7 Å². The van der Waals surface area contributed by atoms with Crippen LogP contribution in [0.4, 0.5) is 11.4 Å². The van der Waals surface area contributed by atoms with Gasteiger partial charge >= 0.3 is 5.97 Å². The highest BCUT2D eigenvalue weighted by Gasteiger charge is 2.14. The fraction of sp³-hybridized carbons (Fsp3) is 0.417. The van der Waals surface area contributed by atoms with Gasteiger partial charge < -0.3 is 19.7 Å². The lowest BCUT2D eigenvalue weighted by molar-refractivity contribution is -0.147. The number of esters is 1. The lowest BCUT2D eigenvalue weighted by Crippen LogP contribution is -2.22. The van der Waals surface area contributed by atoms with E-state index >= 15 is 0 Å². The lowest BCUT2D eigenvalue weighted by atomic mass is 10.1. The molecular formula is C24H30N2O4. The molecule has 0 radical (unpaired) electrons. The van der Waals surface area contributed by atoms with Gasteiger partial charge in [0.1, 0.15) is 5.75 Å². The van der Waals surface area contributed by atoms with Crippen molar-refractivity contribution in [2.24, 2.45) is 0 Å². The van der Waals surface area contributed by atoms with E-state index in [2.05, 4.69) is 16.3 Å². The first-order valence-corrected chi connectivity index (χ1v) is 10.5. The fourth-order valence-electron chi connectivity index (χ4n) is 3.41. The van der Waals surface area contributed by atoms with Crippen molar-refractivity contribution in [1.29, 1.82) is 0 Å². The Kier molecular flexibility index (Phi) is 7.71. The van der Waals surface area contributed by atoms with E-state index in [1.54, 1.807) is 0 Å². The first-order valence-electron chi connectivity index (χ1n) is 10.5. The number of anilines is 2. The molecule has 1 fully saturated rings. The Morgan fingerprint density at radius 1 is 1.03 bits per heavy atom. The van der Waals surface area contributed by atoms with Crippen LogP contribution in [0.1, 0.15) is 36.8 Å². The number of aryl methyl sites for hydroxylation is 2. The van der Waals surface area contributed by atoms with Crippen LogP contribution in [0.5, 0.6) is 5.75 Å². The Morgan fingerprint density at radius 3 is 2.47 bits per heavy atom. The maximum atomic E-state index is 12.1. The molecule has 1 aliphatic rings. The summed E-state index contributed by atoms with van der Waals surface area (Å²) in [5, 5.41) is 2.82. The molecule has 0 atom stereocenters. The molecule has 6 heteroatoms. The zero-order valence-corrected chi connectivity index (χ0v) is 17.8. The summed E-state index contributed by atoms with van der Waals surface area (Å²) >= 11 is 0. The molecule has 3 rings (SSSR count). The van der Waals surface area contributed by atoms with Crippen LogP contribution in [0.2, 0.25) is 0 Å². The summed E-state index contributed by atoms with van der Waals surface area (Å²) in [6, 6.07) is 13.8. The minimum Gasteiger partial charge on any atom is -0.494 e. The van der Waals surface area contributed by atoms with Gasteiger partial charge in [0.15, 0.2) is 6.61 Å². The second-order valence-corrected chi connectivity index (χ2v) is 7.67. The van der Waals surface area contributed by atoms with Crippen LogP contribution in [0.15, 0.2) is 42.5 Å². The number of carbonyl (C=O) groups excluding carboxylic acids is 2. The van der Waals surface area contributed by atoms with Crippen LogP contribution in [0.25, 0.3) is 0 Å². The van der Waals surface area contributed by atoms with E-state index in [0.29, 0.717) is 13.0 Å². The maximum Gasteiger partial charge on any atom is 0.306 e. The van der Waals surface area contributed by atoms with Crippen LogP contribution in [0, 0.1) is 13.8 Å². The van der Waals surface area contributed by atoms with Crippen LogP contribution >= 0.6 is 0 Å². The normalized spacial score (nSPS) is 13.2. The fourth-order valence-corrected chi connectivity index (χ4v) is 3.41. The number of hydrogen-bond donors (Lipinski definition) is 1. The molecular weight excluding hydrogens is 380 g/mol. The Morgan fingerprint density at radius 2 is 1.77 bits per heavy atom. The summed E-state index contributed by atoms with van der Waals surface area (Å²) < 4.78 is 10.7. The largest absolute Gasteiger partial charge is 0.494 e. The van der Waals surface area contributed by atoms with Gasteiger partial charge in [0, 0.05) is 30.9 Å². The number of hydrogen-bond acceptors (Lipinski definition) is 5. The van der Waals surface area contributed by atoms with Gasteiger partial charge in [0.2, 0.25) is 0 Å². The van der Waals surface area contributed by atoms with Crippen molar-refractivity contribution < 1.29 is 19.1 Å². The third-order valence-electron chi connectivity index (χ3n) is 5.13. The van der Waals surface area contributed by atoms with Gasteiger partial charge in [-0.05, 0) is 69.0 Å². The molecule has 2 aromatic carbocycles. The van der Waals surface area contributed by atoms with Gasteiger partial charge in [-0.15, -0.1) is 0 Å². The van der Waals surface area contributed by atoms with E-state index in [9.17, 15) is 9.59 Å². The minimum absolute atomic E-state index is 0.211. The van der Waals surface area contributed by atoms with Crippen molar-refractivity contribution in [1.82, 2.24) is 0 Å². The van der Waals surface area contributed by atoms with Crippen LogP contribution < -0.4 is 15.0 Å². The van der Waals surface area contributed by atoms with Crippen molar-refractivity contribution in [3.63, 3.8) is 0 Å². The van der Waals surface area contributed by atoms with Crippen molar-refractivity contribution in [3.05, 3.63) is 53.6 Å². The predicted octanol–water partition coefficient (Wildman–Crippen LogP) is 4.24. The molecule has 160 valence electrons. The zero-order chi connectivity index (χ0) is 21.3. The highest BCUT2D eigenvalue weighted by atomic mass is 16.5. The molecule has 6 nitrogen and oxygen atoms in total. The van der Waals surface area contributed by atoms with Crippen LogP contribution in [-0.4, -0.2) is 38.2 Å². The van der Waals surface area contributed by atoms with Gasteiger partial charge in [0.25, 0.3) is 5.91 Å². The highest BCUT2D eigenvalue weighted by molar-refractivity contribution is 5.93. The van der Waals surface area contributed by atoms with E-state index in [-0.39, 0.29) is 18.9 Å². The molecule has 0 saturated carbocycles. The molecule has 0 bridgehead atoms. The first kappa shape index (κ1) is 21.7. The highest BCUT2D eigenvalue weighted by Crippen LogP contribution is 2.25. The molecule has 30 heavy (non-hydrogen) atoms. The number of rotatable bonds is 9. The summed E-state index contributed by atoms with van der Waals surface area (Å²) in [6.45, 7) is 6.28. The van der Waals surface area contributed by atoms with E-state index in [4.69, 9.17) is 9.47 Å². The number of nitrogens with zero attached hydrogens (tertiary/aromatic N) is 1. The van der Waals surface area contributed by atoms with E-state index < -0.39 is 5.97 Å². The van der Waals surface area contributed by atoms with E-state index in [1.807, 2.05) is 50.2 Å².